The molecule has 5 heteroatoms. The first kappa shape index (κ1) is 12.9. The molecule has 17 heavy (non-hydrogen) atoms. The molecule has 0 aliphatic rings. The number of nitrogens with one attached hydrogen (secondary N) is 1. The standard InChI is InChI=1S/C12H15N3O2/c13-8-4-3-6-10-5-1-2-7-11(10)15-12(16)9-14-17/h1-3,5-7,9,17H,4,8,13H2,(H,15,16). The van der Waals surface area contributed by atoms with E-state index in [-0.39, 0.29) is 0 Å². The first-order valence-electron chi connectivity index (χ1n) is 5.22. The van der Waals surface area contributed by atoms with Crippen LogP contribution in [-0.4, -0.2) is 23.9 Å². The fourth-order valence-electron chi connectivity index (χ4n) is 1.28. The van der Waals surface area contributed by atoms with Gasteiger partial charge in [0.2, 0.25) is 0 Å². The van der Waals surface area contributed by atoms with Gasteiger partial charge in [0, 0.05) is 5.69 Å². The molecule has 1 aromatic carbocycles. The molecule has 90 valence electrons. The Labute approximate surface area is 99.6 Å². The zero-order valence-electron chi connectivity index (χ0n) is 9.34. The summed E-state index contributed by atoms with van der Waals surface area (Å²) in [4.78, 5) is 11.2. The second-order valence-corrected chi connectivity index (χ2v) is 3.30. The van der Waals surface area contributed by atoms with Crippen molar-refractivity contribution in [1.82, 2.24) is 0 Å². The number of oxime groups is 1. The van der Waals surface area contributed by atoms with Crippen molar-refractivity contribution in [2.75, 3.05) is 11.9 Å². The van der Waals surface area contributed by atoms with Crippen molar-refractivity contribution in [2.24, 2.45) is 10.9 Å². The van der Waals surface area contributed by atoms with Crippen LogP contribution in [0, 0.1) is 0 Å². The SMILES string of the molecule is NCCC=Cc1ccccc1NC(=O)C=NO. The normalized spacial score (nSPS) is 11.1. The van der Waals surface area contributed by atoms with Crippen molar-refractivity contribution in [3.8, 4) is 0 Å². The first-order chi connectivity index (χ1) is 8.27. The van der Waals surface area contributed by atoms with Gasteiger partial charge in [0.05, 0.1) is 0 Å². The van der Waals surface area contributed by atoms with E-state index in [1.807, 2.05) is 30.4 Å². The second kappa shape index (κ2) is 7.19. The minimum Gasteiger partial charge on any atom is -0.411 e. The van der Waals surface area contributed by atoms with E-state index < -0.39 is 5.91 Å². The van der Waals surface area contributed by atoms with Crippen LogP contribution in [0.1, 0.15) is 12.0 Å². The van der Waals surface area contributed by atoms with Crippen molar-refractivity contribution in [3.63, 3.8) is 0 Å². The lowest BCUT2D eigenvalue weighted by Crippen LogP contribution is -2.13. The number of anilines is 1. The molecular formula is C12H15N3O2. The van der Waals surface area contributed by atoms with Gasteiger partial charge in [0.1, 0.15) is 6.21 Å². The van der Waals surface area contributed by atoms with Gasteiger partial charge in [-0.05, 0) is 24.6 Å². The Morgan fingerprint density at radius 3 is 2.94 bits per heavy atom. The Kier molecular flexibility index (Phi) is 5.46. The third-order valence-electron chi connectivity index (χ3n) is 2.02. The van der Waals surface area contributed by atoms with Crippen molar-refractivity contribution < 1.29 is 10.0 Å². The summed E-state index contributed by atoms with van der Waals surface area (Å²) in [5, 5.41) is 13.5. The summed E-state index contributed by atoms with van der Waals surface area (Å²) in [6.45, 7) is 0.586. The fraction of sp³-hybridized carbons (Fsp3) is 0.167. The topological polar surface area (TPSA) is 87.7 Å². The van der Waals surface area contributed by atoms with Gasteiger partial charge in [-0.15, -0.1) is 0 Å². The Bertz CT molecular complexity index is 428. The van der Waals surface area contributed by atoms with Crippen molar-refractivity contribution >= 4 is 23.9 Å². The van der Waals surface area contributed by atoms with E-state index in [2.05, 4.69) is 10.5 Å². The summed E-state index contributed by atoms with van der Waals surface area (Å²) >= 11 is 0. The van der Waals surface area contributed by atoms with Crippen LogP contribution in [-0.2, 0) is 4.79 Å². The highest BCUT2D eigenvalue weighted by Crippen LogP contribution is 2.16. The molecule has 0 aliphatic carbocycles. The predicted molar refractivity (Wildman–Crippen MR) is 68.1 cm³/mol. The van der Waals surface area contributed by atoms with Crippen LogP contribution in [0.5, 0.6) is 0 Å². The smallest absolute Gasteiger partial charge is 0.270 e. The molecule has 0 aliphatic heterocycles. The van der Waals surface area contributed by atoms with E-state index in [4.69, 9.17) is 10.9 Å². The van der Waals surface area contributed by atoms with E-state index in [0.29, 0.717) is 12.2 Å². The van der Waals surface area contributed by atoms with Gasteiger partial charge in [-0.1, -0.05) is 35.5 Å². The van der Waals surface area contributed by atoms with Crippen LogP contribution >= 0.6 is 0 Å². The number of amides is 1. The average molecular weight is 233 g/mol. The van der Waals surface area contributed by atoms with Crippen LogP contribution in [0.15, 0.2) is 35.5 Å². The number of hydrogen-bond acceptors (Lipinski definition) is 4. The Hall–Kier alpha value is -2.14. The molecule has 0 fully saturated rings. The lowest BCUT2D eigenvalue weighted by Gasteiger charge is -2.05. The minimum atomic E-state index is -0.479. The molecule has 1 amide bonds. The van der Waals surface area contributed by atoms with Crippen LogP contribution in [0.2, 0.25) is 0 Å². The summed E-state index contributed by atoms with van der Waals surface area (Å²) in [7, 11) is 0. The van der Waals surface area contributed by atoms with Crippen molar-refractivity contribution in [3.05, 3.63) is 35.9 Å². The number of nitrogens with two attached hydrogens (primary N) is 1. The summed E-state index contributed by atoms with van der Waals surface area (Å²) in [5.41, 5.74) is 6.92. The molecule has 0 spiro atoms. The van der Waals surface area contributed by atoms with Gasteiger partial charge in [0.25, 0.3) is 5.91 Å². The Morgan fingerprint density at radius 1 is 1.47 bits per heavy atom. The lowest BCUT2D eigenvalue weighted by molar-refractivity contribution is -0.110. The zero-order valence-corrected chi connectivity index (χ0v) is 9.34. The van der Waals surface area contributed by atoms with Crippen LogP contribution in [0.3, 0.4) is 0 Å². The van der Waals surface area contributed by atoms with Crippen LogP contribution in [0.25, 0.3) is 6.08 Å². The summed E-state index contributed by atoms with van der Waals surface area (Å²) < 4.78 is 0. The maximum atomic E-state index is 11.2. The fourth-order valence-corrected chi connectivity index (χ4v) is 1.28. The second-order valence-electron chi connectivity index (χ2n) is 3.30. The van der Waals surface area contributed by atoms with Crippen LogP contribution in [0.4, 0.5) is 5.69 Å². The summed E-state index contributed by atoms with van der Waals surface area (Å²) in [5.74, 6) is -0.479. The highest BCUT2D eigenvalue weighted by molar-refractivity contribution is 6.31. The molecule has 0 saturated carbocycles. The third kappa shape index (κ3) is 4.48. The quantitative estimate of drug-likeness (QED) is 0.408. The number of rotatable bonds is 5. The molecule has 0 bridgehead atoms. The minimum absolute atomic E-state index is 0.479. The third-order valence-corrected chi connectivity index (χ3v) is 2.02. The molecular weight excluding hydrogens is 218 g/mol. The van der Waals surface area contributed by atoms with Crippen molar-refractivity contribution in [1.29, 1.82) is 0 Å². The number of hydrogen-bond donors (Lipinski definition) is 3. The summed E-state index contributed by atoms with van der Waals surface area (Å²) in [6.07, 6.45) is 5.41. The van der Waals surface area contributed by atoms with E-state index in [1.54, 1.807) is 6.07 Å². The molecule has 0 radical (unpaired) electrons. The largest absolute Gasteiger partial charge is 0.411 e. The molecule has 0 heterocycles. The maximum absolute atomic E-state index is 11.2. The van der Waals surface area contributed by atoms with Gasteiger partial charge in [0.15, 0.2) is 0 Å². The number of nitrogens with zero attached hydrogens (tertiary/aromatic N) is 1. The van der Waals surface area contributed by atoms with Crippen LogP contribution < -0.4 is 11.1 Å². The molecule has 0 atom stereocenters. The highest BCUT2D eigenvalue weighted by atomic mass is 16.4. The lowest BCUT2D eigenvalue weighted by atomic mass is 10.1. The number of carbonyl (C=O) groups excluding carboxylic acids is 1. The molecule has 4 N–H and O–H groups in total. The monoisotopic (exact) mass is 233 g/mol. The van der Waals surface area contributed by atoms with E-state index in [0.717, 1.165) is 18.2 Å². The number of para-hydroxylation sites is 1. The first-order valence-corrected chi connectivity index (χ1v) is 5.22. The molecule has 0 saturated heterocycles. The highest BCUT2D eigenvalue weighted by Gasteiger charge is 2.01. The molecule has 1 rings (SSSR count). The van der Waals surface area contributed by atoms with Gasteiger partial charge in [-0.2, -0.15) is 0 Å². The van der Waals surface area contributed by atoms with E-state index >= 15 is 0 Å². The predicted octanol–water partition coefficient (Wildman–Crippen LogP) is 1.45. The van der Waals surface area contributed by atoms with Gasteiger partial charge < -0.3 is 16.3 Å². The number of benzene rings is 1. The molecule has 1 aromatic rings. The molecule has 0 unspecified atom stereocenters. The number of carbonyl (C=O) groups is 1. The van der Waals surface area contributed by atoms with Gasteiger partial charge in [-0.25, -0.2) is 0 Å². The average Bonchev–Trinajstić information content (AvgIpc) is 2.32. The van der Waals surface area contributed by atoms with E-state index in [1.165, 1.54) is 0 Å². The Balaban J connectivity index is 2.80. The zero-order chi connectivity index (χ0) is 12.5. The maximum Gasteiger partial charge on any atom is 0.270 e. The van der Waals surface area contributed by atoms with E-state index in [9.17, 15) is 4.79 Å². The van der Waals surface area contributed by atoms with Gasteiger partial charge in [-0.3, -0.25) is 4.79 Å². The Morgan fingerprint density at radius 2 is 2.24 bits per heavy atom. The van der Waals surface area contributed by atoms with Gasteiger partial charge >= 0.3 is 0 Å². The van der Waals surface area contributed by atoms with Crippen molar-refractivity contribution in [2.45, 2.75) is 6.42 Å². The molecule has 0 aromatic heterocycles. The molecule has 5 nitrogen and oxygen atoms in total. The summed E-state index contributed by atoms with van der Waals surface area (Å²) in [6, 6.07) is 7.33.